The van der Waals surface area contributed by atoms with E-state index < -0.39 is 16.0 Å². The molecule has 1 heterocycles. The van der Waals surface area contributed by atoms with Crippen LogP contribution in [0.4, 0.5) is 0 Å². The molecule has 0 aliphatic rings. The second-order valence-corrected chi connectivity index (χ2v) is 8.23. The summed E-state index contributed by atoms with van der Waals surface area (Å²) in [6.45, 7) is 1.63. The number of ether oxygens (including phenoxy) is 2. The number of hydrogen-bond donors (Lipinski definition) is 1. The first-order chi connectivity index (χ1) is 12.3. The molecule has 0 aliphatic heterocycles. The molecule has 1 aromatic heterocycles. The fourth-order valence-electron chi connectivity index (χ4n) is 2.22. The smallest absolute Gasteiger partial charge is 0.337 e. The molecule has 26 heavy (non-hydrogen) atoms. The summed E-state index contributed by atoms with van der Waals surface area (Å²) in [6, 6.07) is 7.57. The highest BCUT2D eigenvalue weighted by Gasteiger charge is 2.21. The number of ketones is 1. The predicted molar refractivity (Wildman–Crippen MR) is 97.5 cm³/mol. The molecule has 1 aromatic carbocycles. The fourth-order valence-corrected chi connectivity index (χ4v) is 4.35. The number of sulfonamides is 1. The average Bonchev–Trinajstić information content (AvgIpc) is 3.09. The monoisotopic (exact) mass is 397 g/mol. The summed E-state index contributed by atoms with van der Waals surface area (Å²) in [5, 5.41) is 0. The van der Waals surface area contributed by atoms with Gasteiger partial charge in [0.25, 0.3) is 0 Å². The van der Waals surface area contributed by atoms with Crippen LogP contribution in [-0.4, -0.2) is 40.9 Å². The first kappa shape index (κ1) is 20.1. The second-order valence-electron chi connectivity index (χ2n) is 5.33. The average molecular weight is 397 g/mol. The largest absolute Gasteiger partial charge is 0.495 e. The van der Waals surface area contributed by atoms with Crippen LogP contribution in [-0.2, 0) is 21.2 Å². The topological polar surface area (TPSA) is 98.8 Å². The van der Waals surface area contributed by atoms with Crippen LogP contribution >= 0.6 is 11.3 Å². The second kappa shape index (κ2) is 8.43. The summed E-state index contributed by atoms with van der Waals surface area (Å²) < 4.78 is 37.4. The van der Waals surface area contributed by atoms with Crippen LogP contribution < -0.4 is 9.46 Å². The minimum Gasteiger partial charge on any atom is -0.495 e. The number of Topliss-reactive ketones (excluding diaryl/α,β-unsaturated/α-hetero) is 1. The first-order valence-corrected chi connectivity index (χ1v) is 9.94. The molecule has 0 fully saturated rings. The van der Waals surface area contributed by atoms with Gasteiger partial charge in [0.05, 0.1) is 24.7 Å². The van der Waals surface area contributed by atoms with Crippen molar-refractivity contribution in [2.75, 3.05) is 20.8 Å². The molecule has 0 radical (unpaired) electrons. The molecule has 1 N–H and O–H groups in total. The van der Waals surface area contributed by atoms with Gasteiger partial charge < -0.3 is 9.47 Å². The molecule has 7 nitrogen and oxygen atoms in total. The number of nitrogens with one attached hydrogen (secondary N) is 1. The van der Waals surface area contributed by atoms with Crippen LogP contribution in [0, 0.1) is 0 Å². The van der Waals surface area contributed by atoms with Gasteiger partial charge in [-0.2, -0.15) is 0 Å². The van der Waals surface area contributed by atoms with E-state index in [-0.39, 0.29) is 28.5 Å². The van der Waals surface area contributed by atoms with E-state index in [1.54, 1.807) is 12.1 Å². The van der Waals surface area contributed by atoms with Gasteiger partial charge in [0.15, 0.2) is 5.78 Å². The Labute approximate surface area is 156 Å². The van der Waals surface area contributed by atoms with Crippen molar-refractivity contribution in [1.29, 1.82) is 0 Å². The van der Waals surface area contributed by atoms with Crippen LogP contribution in [0.25, 0.3) is 0 Å². The van der Waals surface area contributed by atoms with Gasteiger partial charge in [-0.05, 0) is 43.7 Å². The molecule has 2 aromatic rings. The van der Waals surface area contributed by atoms with Gasteiger partial charge in [-0.25, -0.2) is 17.9 Å². The van der Waals surface area contributed by atoms with Crippen molar-refractivity contribution in [1.82, 2.24) is 4.72 Å². The van der Waals surface area contributed by atoms with Gasteiger partial charge in [-0.15, -0.1) is 11.3 Å². The Morgan fingerprint density at radius 1 is 1.15 bits per heavy atom. The van der Waals surface area contributed by atoms with Crippen molar-refractivity contribution in [3.63, 3.8) is 0 Å². The van der Waals surface area contributed by atoms with Crippen molar-refractivity contribution in [2.24, 2.45) is 0 Å². The van der Waals surface area contributed by atoms with Crippen LogP contribution in [0.15, 0.2) is 35.2 Å². The molecule has 0 atom stereocenters. The van der Waals surface area contributed by atoms with Crippen molar-refractivity contribution < 1.29 is 27.5 Å². The summed E-state index contributed by atoms with van der Waals surface area (Å²) in [4.78, 5) is 24.3. The lowest BCUT2D eigenvalue weighted by Gasteiger charge is -2.11. The van der Waals surface area contributed by atoms with E-state index in [4.69, 9.17) is 4.74 Å². The molecular weight excluding hydrogens is 378 g/mol. The summed E-state index contributed by atoms with van der Waals surface area (Å²) in [7, 11) is -1.33. The van der Waals surface area contributed by atoms with E-state index in [1.165, 1.54) is 50.7 Å². The summed E-state index contributed by atoms with van der Waals surface area (Å²) in [5.41, 5.74) is 0.109. The summed E-state index contributed by atoms with van der Waals surface area (Å²) in [6.07, 6.45) is 0.441. The van der Waals surface area contributed by atoms with E-state index in [0.717, 1.165) is 4.88 Å². The normalized spacial score (nSPS) is 11.2. The Hall–Kier alpha value is -2.23. The Morgan fingerprint density at radius 3 is 2.46 bits per heavy atom. The molecule has 0 spiro atoms. The molecule has 140 valence electrons. The lowest BCUT2D eigenvalue weighted by Crippen LogP contribution is -2.26. The lowest BCUT2D eigenvalue weighted by molar-refractivity contribution is 0.0600. The van der Waals surface area contributed by atoms with E-state index in [0.29, 0.717) is 11.3 Å². The van der Waals surface area contributed by atoms with Gasteiger partial charge in [0.1, 0.15) is 10.6 Å². The fraction of sp³-hybridized carbons (Fsp3) is 0.294. The van der Waals surface area contributed by atoms with Crippen LogP contribution in [0.2, 0.25) is 0 Å². The molecule has 0 amide bonds. The van der Waals surface area contributed by atoms with Gasteiger partial charge in [-0.1, -0.05) is 0 Å². The number of carbonyl (C=O) groups excluding carboxylic acids is 2. The highest BCUT2D eigenvalue weighted by Crippen LogP contribution is 2.25. The highest BCUT2D eigenvalue weighted by molar-refractivity contribution is 7.89. The molecule has 0 saturated carbocycles. The van der Waals surface area contributed by atoms with Gasteiger partial charge in [0, 0.05) is 11.4 Å². The molecular formula is C17H19NO6S2. The summed E-state index contributed by atoms with van der Waals surface area (Å²) in [5.74, 6) is -0.536. The van der Waals surface area contributed by atoms with Crippen molar-refractivity contribution >= 4 is 33.1 Å². The molecule has 2 rings (SSSR count). The number of methoxy groups -OCH3 is 2. The summed E-state index contributed by atoms with van der Waals surface area (Å²) >= 11 is 1.33. The number of benzene rings is 1. The molecule has 0 unspecified atom stereocenters. The molecule has 0 saturated heterocycles. The van der Waals surface area contributed by atoms with Gasteiger partial charge in [-0.3, -0.25) is 4.79 Å². The maximum absolute atomic E-state index is 12.6. The van der Waals surface area contributed by atoms with E-state index in [1.807, 2.05) is 0 Å². The van der Waals surface area contributed by atoms with Gasteiger partial charge >= 0.3 is 5.97 Å². The number of esters is 1. The molecule has 0 aliphatic carbocycles. The standard InChI is InChI=1S/C17H19NO6S2/c1-11(19)15-7-5-13(25-15)8-9-18-26(21,22)16-10-12(17(20)24-3)4-6-14(16)23-2/h4-7,10,18H,8-9H2,1-3H3. The lowest BCUT2D eigenvalue weighted by atomic mass is 10.2. The first-order valence-electron chi connectivity index (χ1n) is 7.64. The third-order valence-electron chi connectivity index (χ3n) is 3.55. The maximum Gasteiger partial charge on any atom is 0.337 e. The Bertz CT molecular complexity index is 917. The SMILES string of the molecule is COC(=O)c1ccc(OC)c(S(=O)(=O)NCCc2ccc(C(C)=O)s2)c1. The van der Waals surface area contributed by atoms with Crippen molar-refractivity contribution in [2.45, 2.75) is 18.2 Å². The third-order valence-corrected chi connectivity index (χ3v) is 6.27. The zero-order chi connectivity index (χ0) is 19.3. The third kappa shape index (κ3) is 4.69. The van der Waals surface area contributed by atoms with E-state index in [9.17, 15) is 18.0 Å². The Balaban J connectivity index is 2.15. The number of carbonyl (C=O) groups is 2. The van der Waals surface area contributed by atoms with Gasteiger partial charge in [0.2, 0.25) is 10.0 Å². The van der Waals surface area contributed by atoms with E-state index >= 15 is 0 Å². The Morgan fingerprint density at radius 2 is 1.88 bits per heavy atom. The Kier molecular flexibility index (Phi) is 6.52. The number of rotatable bonds is 8. The van der Waals surface area contributed by atoms with Crippen molar-refractivity contribution in [3.8, 4) is 5.75 Å². The van der Waals surface area contributed by atoms with Crippen LogP contribution in [0.5, 0.6) is 5.75 Å². The number of thiophene rings is 1. The van der Waals surface area contributed by atoms with Crippen LogP contribution in [0.1, 0.15) is 31.8 Å². The molecule has 9 heteroatoms. The number of hydrogen-bond acceptors (Lipinski definition) is 7. The minimum atomic E-state index is -3.89. The van der Waals surface area contributed by atoms with Crippen LogP contribution in [0.3, 0.4) is 0 Å². The zero-order valence-corrected chi connectivity index (χ0v) is 16.2. The molecule has 0 bridgehead atoms. The quantitative estimate of drug-likeness (QED) is 0.542. The maximum atomic E-state index is 12.6. The zero-order valence-electron chi connectivity index (χ0n) is 14.6. The minimum absolute atomic E-state index is 0.0220. The predicted octanol–water partition coefficient (Wildman–Crippen LogP) is 2.27. The van der Waals surface area contributed by atoms with Crippen molar-refractivity contribution in [3.05, 3.63) is 45.6 Å². The highest BCUT2D eigenvalue weighted by atomic mass is 32.2. The van der Waals surface area contributed by atoms with E-state index in [2.05, 4.69) is 9.46 Å².